The van der Waals surface area contributed by atoms with Gasteiger partial charge in [0.25, 0.3) is 0 Å². The number of rotatable bonds is 7. The minimum atomic E-state index is -0.0500. The molecule has 0 saturated carbocycles. The third-order valence-corrected chi connectivity index (χ3v) is 13.7. The molecule has 0 aliphatic heterocycles. The van der Waals surface area contributed by atoms with Gasteiger partial charge in [-0.3, -0.25) is 0 Å². The first-order chi connectivity index (χ1) is 30.5. The van der Waals surface area contributed by atoms with Crippen LogP contribution in [0.4, 0.5) is 17.1 Å². The van der Waals surface area contributed by atoms with E-state index in [4.69, 9.17) is 0 Å². The minimum Gasteiger partial charge on any atom is -0.310 e. The third-order valence-electron chi connectivity index (χ3n) is 13.7. The summed E-state index contributed by atoms with van der Waals surface area (Å²) in [5.41, 5.74) is 18.8. The van der Waals surface area contributed by atoms with Crippen molar-refractivity contribution >= 4 is 55.0 Å². The molecule has 10 aromatic rings. The fourth-order valence-corrected chi connectivity index (χ4v) is 10.5. The second-order valence-electron chi connectivity index (χ2n) is 17.6. The molecule has 0 atom stereocenters. The molecule has 0 spiro atoms. The predicted molar refractivity (Wildman–Crippen MR) is 265 cm³/mol. The van der Waals surface area contributed by atoms with Crippen molar-refractivity contribution < 1.29 is 0 Å². The van der Waals surface area contributed by atoms with E-state index in [1.165, 1.54) is 99.1 Å². The molecule has 62 heavy (non-hydrogen) atoms. The van der Waals surface area contributed by atoms with Crippen LogP contribution < -0.4 is 4.90 Å². The number of benzene rings is 10. The number of hydrogen-bond donors (Lipinski definition) is 0. The molecule has 10 aromatic carbocycles. The Hall–Kier alpha value is -7.48. The van der Waals surface area contributed by atoms with Crippen molar-refractivity contribution in [3.63, 3.8) is 0 Å². The lowest BCUT2D eigenvalue weighted by molar-refractivity contribution is 0.660. The van der Waals surface area contributed by atoms with Gasteiger partial charge in [0.15, 0.2) is 0 Å². The van der Waals surface area contributed by atoms with Crippen LogP contribution in [0.2, 0.25) is 0 Å². The topological polar surface area (TPSA) is 3.24 Å². The fraction of sp³-hybridized carbons (Fsp3) is 0.0820. The van der Waals surface area contributed by atoms with E-state index in [9.17, 15) is 0 Å². The summed E-state index contributed by atoms with van der Waals surface area (Å²) in [5.74, 6) is 0. The summed E-state index contributed by atoms with van der Waals surface area (Å²) in [5, 5.41) is 7.82. The maximum absolute atomic E-state index is 2.45. The van der Waals surface area contributed by atoms with Crippen LogP contribution >= 0.6 is 0 Å². The summed E-state index contributed by atoms with van der Waals surface area (Å²) in [6.07, 6.45) is 8.86. The average Bonchev–Trinajstić information content (AvgIpc) is 3.56. The Morgan fingerprint density at radius 2 is 1.00 bits per heavy atom. The van der Waals surface area contributed by atoms with Gasteiger partial charge in [0.2, 0.25) is 0 Å². The lowest BCUT2D eigenvalue weighted by Crippen LogP contribution is -2.14. The van der Waals surface area contributed by atoms with Gasteiger partial charge in [-0.25, -0.2) is 0 Å². The molecular formula is C61H45N. The van der Waals surface area contributed by atoms with Crippen LogP contribution in [0.3, 0.4) is 0 Å². The van der Waals surface area contributed by atoms with E-state index in [0.29, 0.717) is 0 Å². The lowest BCUT2D eigenvalue weighted by atomic mass is 9.81. The Labute approximate surface area is 363 Å². The van der Waals surface area contributed by atoms with Crippen LogP contribution in [0.1, 0.15) is 43.4 Å². The molecule has 1 heteroatoms. The van der Waals surface area contributed by atoms with Crippen molar-refractivity contribution in [2.75, 3.05) is 4.90 Å². The molecule has 2 aliphatic rings. The van der Waals surface area contributed by atoms with Gasteiger partial charge in [-0.2, -0.15) is 0 Å². The molecule has 1 nitrogen and oxygen atoms in total. The molecular weight excluding hydrogens is 747 g/mol. The van der Waals surface area contributed by atoms with Crippen LogP contribution in [0.25, 0.3) is 82.4 Å². The third kappa shape index (κ3) is 5.91. The van der Waals surface area contributed by atoms with Gasteiger partial charge in [0.05, 0.1) is 0 Å². The Morgan fingerprint density at radius 1 is 0.403 bits per heavy atom. The number of allylic oxidation sites excluding steroid dienone is 4. The largest absolute Gasteiger partial charge is 0.310 e. The highest BCUT2D eigenvalue weighted by Crippen LogP contribution is 2.50. The average molecular weight is 792 g/mol. The van der Waals surface area contributed by atoms with Crippen molar-refractivity contribution in [3.05, 3.63) is 229 Å². The zero-order chi connectivity index (χ0) is 41.4. The van der Waals surface area contributed by atoms with Crippen molar-refractivity contribution in [2.24, 2.45) is 0 Å². The summed E-state index contributed by atoms with van der Waals surface area (Å²) < 4.78 is 0. The maximum Gasteiger partial charge on any atom is 0.0473 e. The van der Waals surface area contributed by atoms with Gasteiger partial charge < -0.3 is 4.90 Å². The molecule has 0 unspecified atom stereocenters. The van der Waals surface area contributed by atoms with Crippen LogP contribution in [0.15, 0.2) is 212 Å². The van der Waals surface area contributed by atoms with Crippen molar-refractivity contribution in [2.45, 2.75) is 32.1 Å². The summed E-state index contributed by atoms with van der Waals surface area (Å²) >= 11 is 0. The van der Waals surface area contributed by atoms with Gasteiger partial charge in [0.1, 0.15) is 0 Å². The summed E-state index contributed by atoms with van der Waals surface area (Å²) in [4.78, 5) is 2.45. The summed E-state index contributed by atoms with van der Waals surface area (Å²) in [6.45, 7) is 4.71. The molecule has 0 fully saturated rings. The Morgan fingerprint density at radius 3 is 1.74 bits per heavy atom. The van der Waals surface area contributed by atoms with E-state index in [0.717, 1.165) is 29.9 Å². The molecule has 0 amide bonds. The fourth-order valence-electron chi connectivity index (χ4n) is 10.5. The van der Waals surface area contributed by atoms with Crippen LogP contribution in [0, 0.1) is 0 Å². The van der Waals surface area contributed by atoms with E-state index >= 15 is 0 Å². The molecule has 294 valence electrons. The van der Waals surface area contributed by atoms with Crippen LogP contribution in [0.5, 0.6) is 0 Å². The number of anilines is 3. The zero-order valence-corrected chi connectivity index (χ0v) is 35.1. The normalized spacial score (nSPS) is 14.0. The van der Waals surface area contributed by atoms with Gasteiger partial charge in [0, 0.05) is 22.5 Å². The van der Waals surface area contributed by atoms with Gasteiger partial charge in [-0.05, 0) is 160 Å². The molecule has 0 bridgehead atoms. The molecule has 0 N–H and O–H groups in total. The van der Waals surface area contributed by atoms with E-state index in [1.54, 1.807) is 0 Å². The monoisotopic (exact) mass is 791 g/mol. The zero-order valence-electron chi connectivity index (χ0n) is 35.1. The smallest absolute Gasteiger partial charge is 0.0473 e. The van der Waals surface area contributed by atoms with E-state index in [2.05, 4.69) is 231 Å². The molecule has 0 heterocycles. The van der Waals surface area contributed by atoms with E-state index in [1.807, 2.05) is 0 Å². The van der Waals surface area contributed by atoms with Crippen LogP contribution in [-0.4, -0.2) is 0 Å². The van der Waals surface area contributed by atoms with E-state index in [-0.39, 0.29) is 5.41 Å². The standard InChI is InChI=1S/C61H45N/c1-61(2)57-19-10-9-18-54(57)55-34-28-47(39-58(55)61)43-24-31-51(32-25-43)62(50-29-22-42(23-30-50)40-12-5-3-6-13-40)52-37-48(41-14-7-4-8-15-41)36-49(38-52)53-33-26-46-21-20-44-16-11-17-45-27-35-56(53)60(46)59(44)45/h3-7,9-14,16-39H,8,15H2,1-2H3. The van der Waals surface area contributed by atoms with Gasteiger partial charge in [-0.1, -0.05) is 178 Å². The molecule has 12 rings (SSSR count). The first kappa shape index (κ1) is 36.4. The SMILES string of the molecule is CC1(C)c2ccccc2-c2ccc(-c3ccc(N(c4ccc(-c5ccccc5)cc4)c4cc(C5=CC=CCC5)cc(-c5ccc6ccc7cccc8ccc5c6c78)c4)cc3)cc21. The number of nitrogens with zero attached hydrogens (tertiary/aromatic N) is 1. The first-order valence-electron chi connectivity index (χ1n) is 22.0. The Bertz CT molecular complexity index is 3390. The van der Waals surface area contributed by atoms with Gasteiger partial charge >= 0.3 is 0 Å². The Kier molecular flexibility index (Phi) is 8.40. The highest BCUT2D eigenvalue weighted by molar-refractivity contribution is 6.25. The summed E-state index contributed by atoms with van der Waals surface area (Å²) in [6, 6.07) is 72.6. The number of hydrogen-bond acceptors (Lipinski definition) is 1. The quantitative estimate of drug-likeness (QED) is 0.145. The van der Waals surface area contributed by atoms with Crippen LogP contribution in [-0.2, 0) is 5.41 Å². The lowest BCUT2D eigenvalue weighted by Gasteiger charge is -2.28. The predicted octanol–water partition coefficient (Wildman–Crippen LogP) is 17.1. The number of fused-ring (bicyclic) bond motifs is 3. The highest BCUT2D eigenvalue weighted by atomic mass is 15.1. The second kappa shape index (κ2) is 14.3. The first-order valence-corrected chi connectivity index (χ1v) is 22.0. The van der Waals surface area contributed by atoms with Crippen molar-refractivity contribution in [1.82, 2.24) is 0 Å². The molecule has 2 aliphatic carbocycles. The van der Waals surface area contributed by atoms with Crippen molar-refractivity contribution in [1.29, 1.82) is 0 Å². The van der Waals surface area contributed by atoms with E-state index < -0.39 is 0 Å². The maximum atomic E-state index is 2.45. The minimum absolute atomic E-state index is 0.0500. The van der Waals surface area contributed by atoms with Gasteiger partial charge in [-0.15, -0.1) is 0 Å². The molecule has 0 saturated heterocycles. The summed E-state index contributed by atoms with van der Waals surface area (Å²) in [7, 11) is 0. The van der Waals surface area contributed by atoms with Crippen molar-refractivity contribution in [3.8, 4) is 44.5 Å². The molecule has 0 radical (unpaired) electrons. The Balaban J connectivity index is 1.02. The second-order valence-corrected chi connectivity index (χ2v) is 17.6. The highest BCUT2D eigenvalue weighted by Gasteiger charge is 2.35. The molecule has 0 aromatic heterocycles.